The number of nitrogens with one attached hydrogen (secondary N) is 2. The first kappa shape index (κ1) is 20.0. The number of urea groups is 1. The number of amides is 3. The molecule has 2 aromatic carbocycles. The van der Waals surface area contributed by atoms with Gasteiger partial charge in [0, 0.05) is 49.3 Å². The van der Waals surface area contributed by atoms with Crippen LogP contribution in [0.25, 0.3) is 22.0 Å². The molecule has 0 saturated carbocycles. The van der Waals surface area contributed by atoms with E-state index in [4.69, 9.17) is 4.98 Å². The molecule has 0 atom stereocenters. The summed E-state index contributed by atoms with van der Waals surface area (Å²) in [7, 11) is 1.93. The van der Waals surface area contributed by atoms with Crippen LogP contribution in [0.15, 0.2) is 67.0 Å². The molecule has 1 aliphatic rings. The summed E-state index contributed by atoms with van der Waals surface area (Å²) in [5, 5.41) is 6.16. The molecule has 4 aromatic rings. The molecule has 2 aromatic heterocycles. The Hall–Kier alpha value is -3.98. The second-order valence-electron chi connectivity index (χ2n) is 7.31. The zero-order valence-corrected chi connectivity index (χ0v) is 18.1. The monoisotopic (exact) mass is 444 g/mol. The van der Waals surface area contributed by atoms with Crippen LogP contribution in [-0.2, 0) is 7.05 Å². The number of thiazole rings is 1. The Labute approximate surface area is 188 Å². The zero-order valence-electron chi connectivity index (χ0n) is 17.3. The predicted octanol–water partition coefficient (Wildman–Crippen LogP) is 3.99. The number of carbonyl (C=O) groups excluding carboxylic acids is 2. The quantitative estimate of drug-likeness (QED) is 0.487. The number of benzene rings is 2. The molecule has 2 N–H and O–H groups in total. The van der Waals surface area contributed by atoms with Crippen molar-refractivity contribution in [1.82, 2.24) is 19.9 Å². The molecule has 3 amide bonds. The third-order valence-corrected chi connectivity index (χ3v) is 6.16. The largest absolute Gasteiger partial charge is 0.336 e. The Morgan fingerprint density at radius 3 is 2.72 bits per heavy atom. The first-order valence-corrected chi connectivity index (χ1v) is 10.9. The molecule has 8 nitrogen and oxygen atoms in total. The molecular formula is C23H20N6O2S. The second kappa shape index (κ2) is 8.27. The maximum Gasteiger partial charge on any atom is 0.321 e. The molecule has 1 aliphatic heterocycles. The van der Waals surface area contributed by atoms with Crippen molar-refractivity contribution in [3.63, 3.8) is 0 Å². The van der Waals surface area contributed by atoms with Gasteiger partial charge in [-0.3, -0.25) is 15.0 Å². The van der Waals surface area contributed by atoms with Crippen LogP contribution in [0.2, 0.25) is 0 Å². The third kappa shape index (κ3) is 3.74. The minimum Gasteiger partial charge on any atom is -0.336 e. The molecule has 0 spiro atoms. The van der Waals surface area contributed by atoms with E-state index in [9.17, 15) is 9.59 Å². The van der Waals surface area contributed by atoms with Crippen LogP contribution in [0, 0.1) is 0 Å². The molecule has 9 heteroatoms. The maximum atomic E-state index is 13.0. The Bertz CT molecular complexity index is 1300. The van der Waals surface area contributed by atoms with Crippen molar-refractivity contribution in [3.8, 4) is 22.0 Å². The van der Waals surface area contributed by atoms with E-state index in [-0.39, 0.29) is 11.9 Å². The number of nitrogens with zero attached hydrogens (tertiary/aromatic N) is 4. The summed E-state index contributed by atoms with van der Waals surface area (Å²) in [6.07, 6.45) is 3.62. The van der Waals surface area contributed by atoms with Crippen molar-refractivity contribution < 1.29 is 9.59 Å². The molecule has 0 bridgehead atoms. The highest BCUT2D eigenvalue weighted by molar-refractivity contribution is 7.19. The van der Waals surface area contributed by atoms with Gasteiger partial charge in [-0.1, -0.05) is 47.7 Å². The Morgan fingerprint density at radius 2 is 2.00 bits per heavy atom. The predicted molar refractivity (Wildman–Crippen MR) is 125 cm³/mol. The number of aromatic nitrogens is 3. The van der Waals surface area contributed by atoms with Crippen molar-refractivity contribution in [1.29, 1.82) is 0 Å². The van der Waals surface area contributed by atoms with Gasteiger partial charge < -0.3 is 9.88 Å². The van der Waals surface area contributed by atoms with E-state index < -0.39 is 0 Å². The van der Waals surface area contributed by atoms with Gasteiger partial charge in [0.25, 0.3) is 5.91 Å². The van der Waals surface area contributed by atoms with Crippen LogP contribution in [0.3, 0.4) is 0 Å². The first-order valence-electron chi connectivity index (χ1n) is 10.1. The first-order chi connectivity index (χ1) is 15.6. The van der Waals surface area contributed by atoms with Gasteiger partial charge in [-0.05, 0) is 18.2 Å². The number of anilines is 2. The molecular weight excluding hydrogens is 424 g/mol. The van der Waals surface area contributed by atoms with E-state index in [0.29, 0.717) is 29.5 Å². The molecule has 0 aliphatic carbocycles. The lowest BCUT2D eigenvalue weighted by molar-refractivity contribution is 0.102. The van der Waals surface area contributed by atoms with Crippen LogP contribution >= 0.6 is 11.3 Å². The Kier molecular flexibility index (Phi) is 5.16. The SMILES string of the molecule is Cn1ccnc1-c1sc(NC(=O)c2cccc(N3CCNC3=O)c2)nc1-c1ccccc1. The Morgan fingerprint density at radius 1 is 1.16 bits per heavy atom. The molecule has 1 saturated heterocycles. The van der Waals surface area contributed by atoms with Gasteiger partial charge in [0.05, 0.1) is 10.6 Å². The van der Waals surface area contributed by atoms with Crippen molar-refractivity contribution in [2.45, 2.75) is 0 Å². The van der Waals surface area contributed by atoms with E-state index in [1.807, 2.05) is 54.2 Å². The summed E-state index contributed by atoms with van der Waals surface area (Å²) in [6.45, 7) is 1.16. The van der Waals surface area contributed by atoms with Gasteiger partial charge in [-0.2, -0.15) is 0 Å². The Balaban J connectivity index is 1.46. The van der Waals surface area contributed by atoms with E-state index in [0.717, 1.165) is 22.0 Å². The lowest BCUT2D eigenvalue weighted by atomic mass is 10.1. The average molecular weight is 445 g/mol. The highest BCUT2D eigenvalue weighted by Gasteiger charge is 2.23. The van der Waals surface area contributed by atoms with Gasteiger partial charge in [0.1, 0.15) is 0 Å². The van der Waals surface area contributed by atoms with Gasteiger partial charge in [-0.25, -0.2) is 14.8 Å². The van der Waals surface area contributed by atoms with Gasteiger partial charge in [0.2, 0.25) is 0 Å². The van der Waals surface area contributed by atoms with Crippen LogP contribution in [-0.4, -0.2) is 39.6 Å². The van der Waals surface area contributed by atoms with Crippen molar-refractivity contribution in [2.24, 2.45) is 7.05 Å². The molecule has 5 rings (SSSR count). The smallest absolute Gasteiger partial charge is 0.321 e. The van der Waals surface area contributed by atoms with Crippen LogP contribution in [0.1, 0.15) is 10.4 Å². The van der Waals surface area contributed by atoms with Gasteiger partial charge in [0.15, 0.2) is 11.0 Å². The normalized spacial score (nSPS) is 13.3. The lowest BCUT2D eigenvalue weighted by Gasteiger charge is -2.14. The number of rotatable bonds is 5. The zero-order chi connectivity index (χ0) is 22.1. The summed E-state index contributed by atoms with van der Waals surface area (Å²) < 4.78 is 1.93. The van der Waals surface area contributed by atoms with Crippen molar-refractivity contribution in [2.75, 3.05) is 23.3 Å². The minimum absolute atomic E-state index is 0.158. The van der Waals surface area contributed by atoms with Gasteiger partial charge >= 0.3 is 6.03 Å². The molecule has 160 valence electrons. The summed E-state index contributed by atoms with van der Waals surface area (Å²) in [4.78, 5) is 36.6. The topological polar surface area (TPSA) is 92.2 Å². The number of imidazole rings is 1. The molecule has 3 heterocycles. The van der Waals surface area contributed by atoms with E-state index in [1.165, 1.54) is 11.3 Å². The van der Waals surface area contributed by atoms with Crippen LogP contribution in [0.4, 0.5) is 15.6 Å². The summed E-state index contributed by atoms with van der Waals surface area (Å²) in [6, 6.07) is 16.7. The second-order valence-corrected chi connectivity index (χ2v) is 8.31. The highest BCUT2D eigenvalue weighted by atomic mass is 32.1. The molecule has 1 fully saturated rings. The molecule has 0 radical (unpaired) electrons. The van der Waals surface area contributed by atoms with Crippen LogP contribution in [0.5, 0.6) is 0 Å². The minimum atomic E-state index is -0.286. The van der Waals surface area contributed by atoms with E-state index in [1.54, 1.807) is 29.3 Å². The van der Waals surface area contributed by atoms with Crippen molar-refractivity contribution >= 4 is 34.1 Å². The fourth-order valence-corrected chi connectivity index (χ4v) is 4.63. The number of hydrogen-bond donors (Lipinski definition) is 2. The fraction of sp³-hybridized carbons (Fsp3) is 0.130. The summed E-state index contributed by atoms with van der Waals surface area (Å²) >= 11 is 1.38. The van der Waals surface area contributed by atoms with Crippen molar-refractivity contribution in [3.05, 3.63) is 72.6 Å². The fourth-order valence-electron chi connectivity index (χ4n) is 3.60. The molecule has 32 heavy (non-hydrogen) atoms. The van der Waals surface area contributed by atoms with Gasteiger partial charge in [-0.15, -0.1) is 0 Å². The highest BCUT2D eigenvalue weighted by Crippen LogP contribution is 2.38. The number of carbonyl (C=O) groups is 2. The molecule has 0 unspecified atom stereocenters. The third-order valence-electron chi connectivity index (χ3n) is 5.20. The summed E-state index contributed by atoms with van der Waals surface area (Å²) in [5.74, 6) is 0.495. The van der Waals surface area contributed by atoms with E-state index >= 15 is 0 Å². The average Bonchev–Trinajstić information content (AvgIpc) is 3.54. The van der Waals surface area contributed by atoms with Crippen LogP contribution < -0.4 is 15.5 Å². The number of hydrogen-bond acceptors (Lipinski definition) is 5. The maximum absolute atomic E-state index is 13.0. The lowest BCUT2D eigenvalue weighted by Crippen LogP contribution is -2.27. The standard InChI is InChI=1S/C23H20N6O2S/c1-28-12-10-24-20(28)19-18(15-6-3-2-4-7-15)26-22(32-19)27-21(30)16-8-5-9-17(14-16)29-13-11-25-23(29)31/h2-10,12,14H,11,13H2,1H3,(H,25,31)(H,26,27,30). The summed E-state index contributed by atoms with van der Waals surface area (Å²) in [5.41, 5.74) is 2.86. The van der Waals surface area contributed by atoms with E-state index in [2.05, 4.69) is 15.6 Å². The number of aryl methyl sites for hydroxylation is 1.